The zero-order valence-electron chi connectivity index (χ0n) is 9.40. The number of hydrogen-bond donors (Lipinski definition) is 2. The first-order valence-electron chi connectivity index (χ1n) is 5.29. The number of nitrogens with one attached hydrogen (secondary N) is 2. The average Bonchev–Trinajstić information content (AvgIpc) is 2.82. The molecular formula is C12H11ClN2O2S. The fourth-order valence-corrected chi connectivity index (χ4v) is 2.22. The lowest BCUT2D eigenvalue weighted by Gasteiger charge is -2.04. The minimum atomic E-state index is -0.186. The zero-order chi connectivity index (χ0) is 13.0. The fraction of sp³-hybridized carbons (Fsp3) is 0.167. The molecule has 2 rings (SSSR count). The maximum absolute atomic E-state index is 11.9. The second-order valence-electron chi connectivity index (χ2n) is 3.69. The molecule has 0 fully saturated rings. The maximum atomic E-state index is 11.9. The number of halogens is 1. The topological polar surface area (TPSA) is 62.0 Å². The van der Waals surface area contributed by atoms with Gasteiger partial charge in [-0.15, -0.1) is 11.6 Å². The number of H-pyrrole nitrogens is 1. The van der Waals surface area contributed by atoms with Crippen molar-refractivity contribution in [2.24, 2.45) is 0 Å². The van der Waals surface area contributed by atoms with Gasteiger partial charge in [-0.25, -0.2) is 0 Å². The lowest BCUT2D eigenvalue weighted by molar-refractivity contribution is 0.0950. The van der Waals surface area contributed by atoms with Crippen molar-refractivity contribution in [3.05, 3.63) is 56.1 Å². The van der Waals surface area contributed by atoms with Crippen molar-refractivity contribution in [1.29, 1.82) is 0 Å². The molecule has 0 saturated heterocycles. The summed E-state index contributed by atoms with van der Waals surface area (Å²) in [7, 11) is 0. The van der Waals surface area contributed by atoms with Crippen LogP contribution >= 0.6 is 22.9 Å². The summed E-state index contributed by atoms with van der Waals surface area (Å²) in [5.74, 6) is 0.188. The predicted molar refractivity (Wildman–Crippen MR) is 72.1 cm³/mol. The van der Waals surface area contributed by atoms with Crippen LogP contribution < -0.4 is 10.2 Å². The van der Waals surface area contributed by atoms with Crippen LogP contribution in [0.4, 0.5) is 0 Å². The summed E-state index contributed by atoms with van der Waals surface area (Å²) in [4.78, 5) is 25.3. The molecule has 0 saturated carbocycles. The second kappa shape index (κ2) is 5.84. The van der Waals surface area contributed by atoms with E-state index in [0.29, 0.717) is 23.7 Å². The van der Waals surface area contributed by atoms with Crippen LogP contribution in [-0.4, -0.2) is 10.9 Å². The molecule has 0 radical (unpaired) electrons. The molecule has 0 aliphatic carbocycles. The molecule has 0 atom stereocenters. The van der Waals surface area contributed by atoms with Gasteiger partial charge in [0.05, 0.1) is 6.54 Å². The number of carbonyl (C=O) groups is 1. The van der Waals surface area contributed by atoms with Crippen LogP contribution in [0.1, 0.15) is 21.6 Å². The molecule has 0 spiro atoms. The van der Waals surface area contributed by atoms with Crippen LogP contribution in [0, 0.1) is 0 Å². The van der Waals surface area contributed by atoms with E-state index in [1.807, 2.05) is 6.07 Å². The fourth-order valence-electron chi connectivity index (χ4n) is 1.47. The van der Waals surface area contributed by atoms with Crippen molar-refractivity contribution in [3.63, 3.8) is 0 Å². The van der Waals surface area contributed by atoms with Crippen molar-refractivity contribution >= 4 is 28.8 Å². The largest absolute Gasteiger partial charge is 0.346 e. The molecule has 1 amide bonds. The van der Waals surface area contributed by atoms with E-state index >= 15 is 0 Å². The number of rotatable bonds is 4. The molecule has 0 aliphatic heterocycles. The first-order valence-corrected chi connectivity index (χ1v) is 6.70. The van der Waals surface area contributed by atoms with Gasteiger partial charge in [-0.05, 0) is 17.7 Å². The third kappa shape index (κ3) is 3.21. The third-order valence-electron chi connectivity index (χ3n) is 2.35. The third-order valence-corrected chi connectivity index (χ3v) is 3.38. The van der Waals surface area contributed by atoms with Gasteiger partial charge in [-0.2, -0.15) is 0 Å². The highest BCUT2D eigenvalue weighted by molar-refractivity contribution is 7.07. The first kappa shape index (κ1) is 12.9. The first-order chi connectivity index (χ1) is 8.69. The summed E-state index contributed by atoms with van der Waals surface area (Å²) in [6, 6.07) is 7.12. The van der Waals surface area contributed by atoms with Gasteiger partial charge >= 0.3 is 4.87 Å². The lowest BCUT2D eigenvalue weighted by Crippen LogP contribution is -2.23. The quantitative estimate of drug-likeness (QED) is 0.844. The van der Waals surface area contributed by atoms with Gasteiger partial charge in [0.1, 0.15) is 0 Å². The Morgan fingerprint density at radius 2 is 2.28 bits per heavy atom. The van der Waals surface area contributed by atoms with Crippen LogP contribution in [0.3, 0.4) is 0 Å². The summed E-state index contributed by atoms with van der Waals surface area (Å²) in [6.45, 7) is 0.308. The van der Waals surface area contributed by atoms with Crippen LogP contribution in [0.25, 0.3) is 0 Å². The molecule has 0 unspecified atom stereocenters. The van der Waals surface area contributed by atoms with Gasteiger partial charge < -0.3 is 10.3 Å². The normalized spacial score (nSPS) is 10.3. The van der Waals surface area contributed by atoms with Gasteiger partial charge in [0.2, 0.25) is 0 Å². The highest BCUT2D eigenvalue weighted by atomic mass is 35.5. The van der Waals surface area contributed by atoms with E-state index in [2.05, 4.69) is 10.3 Å². The van der Waals surface area contributed by atoms with Crippen molar-refractivity contribution < 1.29 is 4.79 Å². The number of benzene rings is 1. The molecule has 0 bridgehead atoms. The number of carbonyl (C=O) groups excluding carboxylic acids is 1. The minimum absolute atomic E-state index is 0.122. The zero-order valence-corrected chi connectivity index (χ0v) is 11.0. The molecule has 2 N–H and O–H groups in total. The van der Waals surface area contributed by atoms with E-state index in [4.69, 9.17) is 11.6 Å². The van der Waals surface area contributed by atoms with Crippen LogP contribution in [0.2, 0.25) is 0 Å². The molecular weight excluding hydrogens is 272 g/mol. The van der Waals surface area contributed by atoms with Crippen molar-refractivity contribution in [3.8, 4) is 0 Å². The van der Waals surface area contributed by atoms with Crippen LogP contribution in [0.15, 0.2) is 34.4 Å². The molecule has 1 aromatic heterocycles. The summed E-state index contributed by atoms with van der Waals surface area (Å²) in [6.07, 6.45) is 0. The number of aromatic nitrogens is 1. The van der Waals surface area contributed by atoms with Gasteiger partial charge in [-0.1, -0.05) is 23.5 Å². The van der Waals surface area contributed by atoms with E-state index in [0.717, 1.165) is 16.9 Å². The van der Waals surface area contributed by atoms with Crippen molar-refractivity contribution in [2.75, 3.05) is 0 Å². The van der Waals surface area contributed by atoms with Gasteiger partial charge in [-0.3, -0.25) is 9.59 Å². The number of thiazole rings is 1. The van der Waals surface area contributed by atoms with E-state index in [9.17, 15) is 9.59 Å². The Balaban J connectivity index is 2.01. The van der Waals surface area contributed by atoms with Crippen molar-refractivity contribution in [2.45, 2.75) is 12.4 Å². The molecule has 1 aromatic carbocycles. The highest BCUT2D eigenvalue weighted by Gasteiger charge is 2.06. The summed E-state index contributed by atoms with van der Waals surface area (Å²) < 4.78 is 0. The van der Waals surface area contributed by atoms with Gasteiger partial charge in [0.25, 0.3) is 5.91 Å². The SMILES string of the molecule is O=C(NCc1csc(=O)[nH]1)c1cccc(CCl)c1. The van der Waals surface area contributed by atoms with E-state index in [1.54, 1.807) is 23.6 Å². The Hall–Kier alpha value is -1.59. The molecule has 18 heavy (non-hydrogen) atoms. The Morgan fingerprint density at radius 3 is 2.94 bits per heavy atom. The van der Waals surface area contributed by atoms with Crippen molar-refractivity contribution in [1.82, 2.24) is 10.3 Å². The lowest BCUT2D eigenvalue weighted by atomic mass is 10.1. The predicted octanol–water partition coefficient (Wildman–Crippen LogP) is 2.11. The number of hydrogen-bond acceptors (Lipinski definition) is 3. The molecule has 2 aromatic rings. The Bertz CT molecular complexity index is 606. The van der Waals surface area contributed by atoms with E-state index in [1.165, 1.54) is 0 Å². The summed E-state index contributed by atoms with van der Waals surface area (Å²) in [5.41, 5.74) is 2.16. The van der Waals surface area contributed by atoms with Gasteiger partial charge in [0.15, 0.2) is 0 Å². The average molecular weight is 283 g/mol. The molecule has 0 aliphatic rings. The standard InChI is InChI=1S/C12H11ClN2O2S/c13-5-8-2-1-3-9(4-8)11(16)14-6-10-7-18-12(17)15-10/h1-4,7H,5-6H2,(H,14,16)(H,15,17). The Labute approximate surface area is 113 Å². The highest BCUT2D eigenvalue weighted by Crippen LogP contribution is 2.08. The van der Waals surface area contributed by atoms with Crippen LogP contribution in [0.5, 0.6) is 0 Å². The van der Waals surface area contributed by atoms with Crippen LogP contribution in [-0.2, 0) is 12.4 Å². The minimum Gasteiger partial charge on any atom is -0.346 e. The number of alkyl halides is 1. The molecule has 1 heterocycles. The molecule has 94 valence electrons. The summed E-state index contributed by atoms with van der Waals surface area (Å²) in [5, 5.41) is 4.43. The van der Waals surface area contributed by atoms with E-state index in [-0.39, 0.29) is 10.8 Å². The van der Waals surface area contributed by atoms with Gasteiger partial charge in [0, 0.05) is 22.5 Å². The Morgan fingerprint density at radius 1 is 1.44 bits per heavy atom. The molecule has 4 nitrogen and oxygen atoms in total. The number of aromatic amines is 1. The summed E-state index contributed by atoms with van der Waals surface area (Å²) >= 11 is 6.79. The second-order valence-corrected chi connectivity index (χ2v) is 4.80. The smallest absolute Gasteiger partial charge is 0.304 e. The number of amides is 1. The Kier molecular flexibility index (Phi) is 4.17. The van der Waals surface area contributed by atoms with E-state index < -0.39 is 0 Å². The molecule has 6 heteroatoms. The maximum Gasteiger partial charge on any atom is 0.304 e. The monoisotopic (exact) mass is 282 g/mol.